The van der Waals surface area contributed by atoms with Crippen LogP contribution in [0.15, 0.2) is 18.2 Å². The van der Waals surface area contributed by atoms with Crippen LogP contribution in [0.1, 0.15) is 54.5 Å². The Hall–Kier alpha value is -1.03. The van der Waals surface area contributed by atoms with Crippen LogP contribution < -0.4 is 5.32 Å². The maximum atomic E-state index is 11.6. The van der Waals surface area contributed by atoms with Gasteiger partial charge in [0.25, 0.3) is 0 Å². The van der Waals surface area contributed by atoms with Gasteiger partial charge in [0.15, 0.2) is 0 Å². The third-order valence-electron chi connectivity index (χ3n) is 4.79. The Bertz CT molecular complexity index is 526. The summed E-state index contributed by atoms with van der Waals surface area (Å²) in [5, 5.41) is 2.92. The van der Waals surface area contributed by atoms with Gasteiger partial charge in [0.05, 0.1) is 0 Å². The van der Waals surface area contributed by atoms with Gasteiger partial charge in [-0.3, -0.25) is 0 Å². The van der Waals surface area contributed by atoms with E-state index in [0.29, 0.717) is 11.4 Å². The fourth-order valence-electron chi connectivity index (χ4n) is 3.45. The van der Waals surface area contributed by atoms with E-state index in [0.717, 1.165) is 11.6 Å². The summed E-state index contributed by atoms with van der Waals surface area (Å²) in [4.78, 5) is 13.8. The van der Waals surface area contributed by atoms with Gasteiger partial charge in [-0.25, -0.2) is 4.79 Å². The zero-order chi connectivity index (χ0) is 14.8. The van der Waals surface area contributed by atoms with Gasteiger partial charge in [0.1, 0.15) is 0 Å². The van der Waals surface area contributed by atoms with E-state index in [4.69, 9.17) is 0 Å². The van der Waals surface area contributed by atoms with Crippen LogP contribution in [0, 0.1) is 5.92 Å². The number of rotatable bonds is 4. The molecule has 0 spiro atoms. The van der Waals surface area contributed by atoms with Gasteiger partial charge in [0.2, 0.25) is 0 Å². The first-order valence-electron chi connectivity index (χ1n) is 7.92. The van der Waals surface area contributed by atoms with E-state index in [9.17, 15) is 4.79 Å². The summed E-state index contributed by atoms with van der Waals surface area (Å²) in [6.45, 7) is 0.692. The molecule has 1 unspecified atom stereocenters. The average Bonchev–Trinajstić information content (AvgIpc) is 2.99. The molecule has 1 atom stereocenters. The lowest BCUT2D eigenvalue weighted by atomic mass is 9.97. The molecule has 1 aliphatic carbocycles. The number of anilines is 1. The third kappa shape index (κ3) is 3.42. The fourth-order valence-corrected chi connectivity index (χ4v) is 4.00. The predicted octanol–water partition coefficient (Wildman–Crippen LogP) is 5.07. The normalized spacial score (nSPS) is 20.3. The van der Waals surface area contributed by atoms with Crippen molar-refractivity contribution >= 4 is 27.6 Å². The number of hydrogen-bond acceptors (Lipinski definition) is 1. The van der Waals surface area contributed by atoms with Crippen LogP contribution in [-0.2, 0) is 6.54 Å². The summed E-state index contributed by atoms with van der Waals surface area (Å²) in [5.41, 5.74) is 3.49. The van der Waals surface area contributed by atoms with E-state index in [2.05, 4.69) is 33.4 Å². The van der Waals surface area contributed by atoms with Crippen molar-refractivity contribution in [1.29, 1.82) is 0 Å². The lowest BCUT2D eigenvalue weighted by molar-refractivity contribution is 0.218. The minimum atomic E-state index is -0.0214. The Labute approximate surface area is 135 Å². The molecule has 3 nitrogen and oxygen atoms in total. The zero-order valence-corrected chi connectivity index (χ0v) is 14.2. The first-order valence-corrected chi connectivity index (χ1v) is 8.84. The topological polar surface area (TPSA) is 32.3 Å². The van der Waals surface area contributed by atoms with Crippen LogP contribution in [0.25, 0.3) is 0 Å². The Balaban J connectivity index is 1.65. The molecule has 3 rings (SSSR count). The van der Waals surface area contributed by atoms with E-state index in [1.165, 1.54) is 49.7 Å². The van der Waals surface area contributed by atoms with Crippen molar-refractivity contribution < 1.29 is 4.79 Å². The van der Waals surface area contributed by atoms with Gasteiger partial charge >= 0.3 is 6.03 Å². The minimum Gasteiger partial charge on any atom is -0.323 e. The van der Waals surface area contributed by atoms with Crippen molar-refractivity contribution in [3.05, 3.63) is 29.3 Å². The molecule has 1 fully saturated rings. The molecular weight excluding hydrogens is 328 g/mol. The first-order chi connectivity index (χ1) is 10.1. The molecule has 1 aliphatic heterocycles. The molecule has 0 saturated heterocycles. The highest BCUT2D eigenvalue weighted by Gasteiger charge is 2.21. The Morgan fingerprint density at radius 1 is 1.38 bits per heavy atom. The van der Waals surface area contributed by atoms with Crippen molar-refractivity contribution in [2.45, 2.75) is 49.9 Å². The summed E-state index contributed by atoms with van der Waals surface area (Å²) in [6, 6.07) is 6.39. The molecule has 1 N–H and O–H groups in total. The number of alkyl halides is 1. The number of benzene rings is 1. The van der Waals surface area contributed by atoms with Gasteiger partial charge in [-0.1, -0.05) is 53.7 Å². The van der Waals surface area contributed by atoms with E-state index in [1.54, 1.807) is 4.90 Å². The van der Waals surface area contributed by atoms with Gasteiger partial charge < -0.3 is 10.2 Å². The average molecular weight is 351 g/mol. The summed E-state index contributed by atoms with van der Waals surface area (Å²) in [5.74, 6) is 0.938. The van der Waals surface area contributed by atoms with Gasteiger partial charge in [0, 0.05) is 24.1 Å². The molecule has 1 aromatic carbocycles. The first kappa shape index (κ1) is 14.9. The summed E-state index contributed by atoms with van der Waals surface area (Å²) in [7, 11) is 1.83. The van der Waals surface area contributed by atoms with Crippen LogP contribution in [-0.4, -0.2) is 18.0 Å². The summed E-state index contributed by atoms with van der Waals surface area (Å²) < 4.78 is 0. The fraction of sp³-hybridized carbons (Fsp3) is 0.588. The Morgan fingerprint density at radius 2 is 2.14 bits per heavy atom. The number of nitrogens with one attached hydrogen (secondary N) is 1. The molecule has 4 heteroatoms. The quantitative estimate of drug-likeness (QED) is 0.755. The second kappa shape index (κ2) is 6.39. The number of carbonyl (C=O) groups is 1. The number of carbonyl (C=O) groups excluding carboxylic acids is 1. The number of nitrogens with zero attached hydrogens (tertiary/aromatic N) is 1. The molecule has 0 aromatic heterocycles. The Kier molecular flexibility index (Phi) is 4.53. The number of urea groups is 1. The zero-order valence-electron chi connectivity index (χ0n) is 12.6. The maximum absolute atomic E-state index is 11.6. The maximum Gasteiger partial charge on any atom is 0.321 e. The van der Waals surface area contributed by atoms with E-state index >= 15 is 0 Å². The van der Waals surface area contributed by atoms with Crippen molar-refractivity contribution in [2.24, 2.45) is 5.92 Å². The molecule has 1 heterocycles. The number of amides is 2. The predicted molar refractivity (Wildman–Crippen MR) is 89.8 cm³/mol. The van der Waals surface area contributed by atoms with Gasteiger partial charge in [-0.15, -0.1) is 0 Å². The monoisotopic (exact) mass is 350 g/mol. The molecular formula is C17H23BrN2O. The Morgan fingerprint density at radius 3 is 2.90 bits per heavy atom. The summed E-state index contributed by atoms with van der Waals surface area (Å²) in [6.07, 6.45) is 8.20. The van der Waals surface area contributed by atoms with E-state index < -0.39 is 0 Å². The number of hydrogen-bond donors (Lipinski definition) is 1. The van der Waals surface area contributed by atoms with Crippen molar-refractivity contribution in [3.8, 4) is 0 Å². The molecule has 1 aromatic rings. The van der Waals surface area contributed by atoms with Crippen molar-refractivity contribution in [1.82, 2.24) is 4.90 Å². The van der Waals surface area contributed by atoms with Crippen molar-refractivity contribution in [3.63, 3.8) is 0 Å². The van der Waals surface area contributed by atoms with Crippen LogP contribution >= 0.6 is 15.9 Å². The van der Waals surface area contributed by atoms with Gasteiger partial charge in [-0.2, -0.15) is 0 Å². The smallest absolute Gasteiger partial charge is 0.321 e. The SMILES string of the molecule is CN1Cc2cc(C(Br)CCC3CCCC3)ccc2NC1=O. The highest BCUT2D eigenvalue weighted by Crippen LogP contribution is 2.36. The van der Waals surface area contributed by atoms with Gasteiger partial charge in [-0.05, 0) is 36.0 Å². The van der Waals surface area contributed by atoms with E-state index in [1.807, 2.05) is 13.1 Å². The highest BCUT2D eigenvalue weighted by molar-refractivity contribution is 9.09. The molecule has 114 valence electrons. The molecule has 2 amide bonds. The molecule has 0 bridgehead atoms. The lowest BCUT2D eigenvalue weighted by Gasteiger charge is -2.27. The molecule has 0 radical (unpaired) electrons. The van der Waals surface area contributed by atoms with Crippen LogP contribution in [0.4, 0.5) is 10.5 Å². The lowest BCUT2D eigenvalue weighted by Crippen LogP contribution is -2.35. The van der Waals surface area contributed by atoms with Crippen LogP contribution in [0.5, 0.6) is 0 Å². The molecule has 1 saturated carbocycles. The van der Waals surface area contributed by atoms with Crippen molar-refractivity contribution in [2.75, 3.05) is 12.4 Å². The number of fused-ring (bicyclic) bond motifs is 1. The van der Waals surface area contributed by atoms with Crippen LogP contribution in [0.3, 0.4) is 0 Å². The summed E-state index contributed by atoms with van der Waals surface area (Å²) >= 11 is 3.85. The largest absolute Gasteiger partial charge is 0.323 e. The van der Waals surface area contributed by atoms with Crippen LogP contribution in [0.2, 0.25) is 0 Å². The third-order valence-corrected chi connectivity index (χ3v) is 5.78. The molecule has 21 heavy (non-hydrogen) atoms. The number of halogens is 1. The van der Waals surface area contributed by atoms with E-state index in [-0.39, 0.29) is 6.03 Å². The highest BCUT2D eigenvalue weighted by atomic mass is 79.9. The standard InChI is InChI=1S/C17H23BrN2O/c1-20-11-14-10-13(7-9-16(14)19-17(20)21)15(18)8-6-12-4-2-3-5-12/h7,9-10,12,15H,2-6,8,11H2,1H3,(H,19,21). The minimum absolute atomic E-state index is 0.0214. The second-order valence-corrected chi connectivity index (χ2v) is 7.50. The second-order valence-electron chi connectivity index (χ2n) is 6.40. The molecule has 2 aliphatic rings.